The van der Waals surface area contributed by atoms with Gasteiger partial charge >= 0.3 is 0 Å². The van der Waals surface area contributed by atoms with E-state index in [-0.39, 0.29) is 5.91 Å². The highest BCUT2D eigenvalue weighted by Gasteiger charge is 2.09. The van der Waals surface area contributed by atoms with Crippen LogP contribution < -0.4 is 19.5 Å². The molecule has 0 aliphatic heterocycles. The number of amides is 1. The Balaban J connectivity index is 2.01. The van der Waals surface area contributed by atoms with E-state index in [9.17, 15) is 4.79 Å². The van der Waals surface area contributed by atoms with Gasteiger partial charge in [0, 0.05) is 29.4 Å². The minimum atomic E-state index is -0.205. The standard InChI is InChI=1S/C20H25NO4/c1-14(2)9-10-25-17-7-5-15(6-8-17)20(22)21-16-11-18(23-3)13-19(12-16)24-4/h5-8,11-14H,9-10H2,1-4H3,(H,21,22). The van der Waals surface area contributed by atoms with Crippen LogP contribution in [0.1, 0.15) is 30.6 Å². The van der Waals surface area contributed by atoms with Gasteiger partial charge in [-0.1, -0.05) is 13.8 Å². The molecule has 134 valence electrons. The zero-order valence-corrected chi connectivity index (χ0v) is 15.2. The second-order valence-electron chi connectivity index (χ2n) is 6.11. The molecule has 0 aliphatic rings. The van der Waals surface area contributed by atoms with E-state index in [2.05, 4.69) is 19.2 Å². The Labute approximate surface area is 148 Å². The molecule has 0 aromatic heterocycles. The molecule has 0 atom stereocenters. The number of hydrogen-bond donors (Lipinski definition) is 1. The molecule has 0 saturated carbocycles. The van der Waals surface area contributed by atoms with Crippen molar-refractivity contribution in [1.82, 2.24) is 0 Å². The van der Waals surface area contributed by atoms with Crippen molar-refractivity contribution < 1.29 is 19.0 Å². The van der Waals surface area contributed by atoms with Crippen LogP contribution >= 0.6 is 0 Å². The summed E-state index contributed by atoms with van der Waals surface area (Å²) >= 11 is 0. The van der Waals surface area contributed by atoms with Crippen molar-refractivity contribution in [2.45, 2.75) is 20.3 Å². The Kier molecular flexibility index (Phi) is 6.69. The van der Waals surface area contributed by atoms with Crippen molar-refractivity contribution >= 4 is 11.6 Å². The van der Waals surface area contributed by atoms with Crippen molar-refractivity contribution in [3.63, 3.8) is 0 Å². The number of benzene rings is 2. The Morgan fingerprint density at radius 2 is 1.56 bits per heavy atom. The molecule has 0 bridgehead atoms. The summed E-state index contributed by atoms with van der Waals surface area (Å²) in [7, 11) is 3.14. The first-order valence-electron chi connectivity index (χ1n) is 8.29. The number of carbonyl (C=O) groups excluding carboxylic acids is 1. The van der Waals surface area contributed by atoms with Gasteiger partial charge in [-0.2, -0.15) is 0 Å². The zero-order valence-electron chi connectivity index (χ0n) is 15.2. The summed E-state index contributed by atoms with van der Waals surface area (Å²) in [6.45, 7) is 4.99. The number of anilines is 1. The fourth-order valence-corrected chi connectivity index (χ4v) is 2.20. The van der Waals surface area contributed by atoms with Crippen molar-refractivity contribution in [3.8, 4) is 17.2 Å². The Morgan fingerprint density at radius 3 is 2.08 bits per heavy atom. The Bertz CT molecular complexity index is 673. The maximum atomic E-state index is 12.4. The largest absolute Gasteiger partial charge is 0.497 e. The molecule has 0 heterocycles. The molecule has 0 unspecified atom stereocenters. The zero-order chi connectivity index (χ0) is 18.2. The van der Waals surface area contributed by atoms with Gasteiger partial charge in [0.25, 0.3) is 5.91 Å². The summed E-state index contributed by atoms with van der Waals surface area (Å²) in [4.78, 5) is 12.4. The van der Waals surface area contributed by atoms with E-state index in [1.165, 1.54) is 0 Å². The molecular weight excluding hydrogens is 318 g/mol. The number of nitrogens with one attached hydrogen (secondary N) is 1. The van der Waals surface area contributed by atoms with Crippen LogP contribution in [-0.4, -0.2) is 26.7 Å². The number of rotatable bonds is 8. The predicted molar refractivity (Wildman–Crippen MR) is 98.9 cm³/mol. The van der Waals surface area contributed by atoms with Crippen molar-refractivity contribution in [2.75, 3.05) is 26.1 Å². The molecule has 0 spiro atoms. The van der Waals surface area contributed by atoms with Crippen LogP contribution in [0, 0.1) is 5.92 Å². The minimum Gasteiger partial charge on any atom is -0.497 e. The van der Waals surface area contributed by atoms with Gasteiger partial charge in [0.2, 0.25) is 0 Å². The van der Waals surface area contributed by atoms with E-state index < -0.39 is 0 Å². The molecule has 1 N–H and O–H groups in total. The van der Waals surface area contributed by atoms with Crippen LogP contribution in [0.2, 0.25) is 0 Å². The summed E-state index contributed by atoms with van der Waals surface area (Å²) in [5, 5.41) is 2.85. The van der Waals surface area contributed by atoms with Gasteiger partial charge in [0.05, 0.1) is 20.8 Å². The highest BCUT2D eigenvalue weighted by molar-refractivity contribution is 6.04. The lowest BCUT2D eigenvalue weighted by Crippen LogP contribution is -2.12. The van der Waals surface area contributed by atoms with Crippen LogP contribution in [0.4, 0.5) is 5.69 Å². The number of carbonyl (C=O) groups is 1. The molecular formula is C20H25NO4. The van der Waals surface area contributed by atoms with Gasteiger partial charge in [-0.3, -0.25) is 4.79 Å². The fourth-order valence-electron chi connectivity index (χ4n) is 2.20. The maximum Gasteiger partial charge on any atom is 0.255 e. The molecule has 2 rings (SSSR count). The van der Waals surface area contributed by atoms with Gasteiger partial charge in [0.1, 0.15) is 17.2 Å². The van der Waals surface area contributed by atoms with Gasteiger partial charge < -0.3 is 19.5 Å². The molecule has 0 saturated heterocycles. The molecule has 2 aromatic carbocycles. The Morgan fingerprint density at radius 1 is 0.960 bits per heavy atom. The van der Waals surface area contributed by atoms with E-state index in [0.29, 0.717) is 35.3 Å². The summed E-state index contributed by atoms with van der Waals surface area (Å²) in [6, 6.07) is 12.3. The first kappa shape index (κ1) is 18.6. The fraction of sp³-hybridized carbons (Fsp3) is 0.350. The van der Waals surface area contributed by atoms with E-state index in [1.807, 2.05) is 0 Å². The third-order valence-corrected chi connectivity index (χ3v) is 3.69. The molecule has 0 fully saturated rings. The molecule has 5 nitrogen and oxygen atoms in total. The molecule has 0 radical (unpaired) electrons. The van der Waals surface area contributed by atoms with Crippen molar-refractivity contribution in [3.05, 3.63) is 48.0 Å². The minimum absolute atomic E-state index is 0.205. The van der Waals surface area contributed by atoms with Crippen molar-refractivity contribution in [2.24, 2.45) is 5.92 Å². The summed E-state index contributed by atoms with van der Waals surface area (Å²) in [5.41, 5.74) is 1.16. The first-order chi connectivity index (χ1) is 12.0. The quantitative estimate of drug-likeness (QED) is 0.773. The van der Waals surface area contributed by atoms with Crippen LogP contribution in [0.3, 0.4) is 0 Å². The van der Waals surface area contributed by atoms with Gasteiger partial charge in [-0.25, -0.2) is 0 Å². The number of hydrogen-bond acceptors (Lipinski definition) is 4. The molecule has 5 heteroatoms. The van der Waals surface area contributed by atoms with E-state index >= 15 is 0 Å². The highest BCUT2D eigenvalue weighted by atomic mass is 16.5. The second kappa shape index (κ2) is 8.97. The summed E-state index contributed by atoms with van der Waals surface area (Å²) in [6.07, 6.45) is 1.000. The average molecular weight is 343 g/mol. The van der Waals surface area contributed by atoms with Crippen molar-refractivity contribution in [1.29, 1.82) is 0 Å². The lowest BCUT2D eigenvalue weighted by atomic mass is 10.1. The second-order valence-corrected chi connectivity index (χ2v) is 6.11. The third kappa shape index (κ3) is 5.71. The topological polar surface area (TPSA) is 56.8 Å². The third-order valence-electron chi connectivity index (χ3n) is 3.69. The summed E-state index contributed by atoms with van der Waals surface area (Å²) < 4.78 is 16.1. The van der Waals surface area contributed by atoms with Gasteiger partial charge in [0.15, 0.2) is 0 Å². The monoisotopic (exact) mass is 343 g/mol. The number of methoxy groups -OCH3 is 2. The van der Waals surface area contributed by atoms with Crippen LogP contribution in [0.25, 0.3) is 0 Å². The maximum absolute atomic E-state index is 12.4. The lowest BCUT2D eigenvalue weighted by molar-refractivity contribution is 0.102. The van der Waals surface area contributed by atoms with Crippen LogP contribution in [0.5, 0.6) is 17.2 Å². The predicted octanol–water partition coefficient (Wildman–Crippen LogP) is 4.38. The summed E-state index contributed by atoms with van der Waals surface area (Å²) in [5.74, 6) is 2.39. The van der Waals surface area contributed by atoms with E-state index in [4.69, 9.17) is 14.2 Å². The highest BCUT2D eigenvalue weighted by Crippen LogP contribution is 2.26. The molecule has 1 amide bonds. The van der Waals surface area contributed by atoms with Crippen LogP contribution in [0.15, 0.2) is 42.5 Å². The smallest absolute Gasteiger partial charge is 0.255 e. The van der Waals surface area contributed by atoms with E-state index in [1.54, 1.807) is 56.7 Å². The first-order valence-corrected chi connectivity index (χ1v) is 8.29. The van der Waals surface area contributed by atoms with E-state index in [0.717, 1.165) is 12.2 Å². The Hall–Kier alpha value is -2.69. The molecule has 0 aliphatic carbocycles. The average Bonchev–Trinajstić information content (AvgIpc) is 2.61. The SMILES string of the molecule is COc1cc(NC(=O)c2ccc(OCCC(C)C)cc2)cc(OC)c1. The van der Waals surface area contributed by atoms with Crippen LogP contribution in [-0.2, 0) is 0 Å². The van der Waals surface area contributed by atoms with Gasteiger partial charge in [-0.15, -0.1) is 0 Å². The molecule has 2 aromatic rings. The normalized spacial score (nSPS) is 10.4. The lowest BCUT2D eigenvalue weighted by Gasteiger charge is -2.11. The van der Waals surface area contributed by atoms with Gasteiger partial charge in [-0.05, 0) is 36.6 Å². The molecule has 25 heavy (non-hydrogen) atoms. The number of ether oxygens (including phenoxy) is 3.